The standard InChI is InChI=1S/C18H19NO3S/c1-22-18(21)14-7-9-19(10-8-14)17(20)16-11-15(12-23-16)13-5-3-2-4-6-13/h2-6,11-12,14H,7-10H2,1H3. The highest BCUT2D eigenvalue weighted by Gasteiger charge is 2.28. The van der Waals surface area contributed by atoms with Gasteiger partial charge in [-0.3, -0.25) is 9.59 Å². The molecule has 0 spiro atoms. The van der Waals surface area contributed by atoms with Gasteiger partial charge in [-0.15, -0.1) is 11.3 Å². The third-order valence-corrected chi connectivity index (χ3v) is 5.15. The fraction of sp³-hybridized carbons (Fsp3) is 0.333. The number of nitrogens with zero attached hydrogens (tertiary/aromatic N) is 1. The smallest absolute Gasteiger partial charge is 0.308 e. The van der Waals surface area contributed by atoms with Gasteiger partial charge < -0.3 is 9.64 Å². The number of thiophene rings is 1. The molecule has 4 nitrogen and oxygen atoms in total. The topological polar surface area (TPSA) is 46.6 Å². The molecule has 120 valence electrons. The van der Waals surface area contributed by atoms with Crippen LogP contribution in [0.25, 0.3) is 11.1 Å². The number of amides is 1. The molecule has 0 aliphatic carbocycles. The van der Waals surface area contributed by atoms with E-state index in [0.29, 0.717) is 25.9 Å². The van der Waals surface area contributed by atoms with E-state index in [4.69, 9.17) is 4.74 Å². The van der Waals surface area contributed by atoms with Gasteiger partial charge in [0.05, 0.1) is 17.9 Å². The number of piperidine rings is 1. The van der Waals surface area contributed by atoms with Crippen LogP contribution in [0.2, 0.25) is 0 Å². The van der Waals surface area contributed by atoms with Crippen LogP contribution in [0.15, 0.2) is 41.8 Å². The van der Waals surface area contributed by atoms with Gasteiger partial charge in [0.1, 0.15) is 0 Å². The first-order valence-electron chi connectivity index (χ1n) is 7.70. The zero-order valence-corrected chi connectivity index (χ0v) is 13.8. The van der Waals surface area contributed by atoms with Gasteiger partial charge in [-0.25, -0.2) is 0 Å². The third-order valence-electron chi connectivity index (χ3n) is 4.23. The van der Waals surface area contributed by atoms with Crippen molar-refractivity contribution in [1.82, 2.24) is 4.90 Å². The maximum absolute atomic E-state index is 12.6. The molecule has 1 aromatic heterocycles. The number of hydrogen-bond donors (Lipinski definition) is 0. The second kappa shape index (κ2) is 6.96. The summed E-state index contributed by atoms with van der Waals surface area (Å²) in [5.74, 6) is -0.188. The van der Waals surface area contributed by atoms with E-state index in [1.54, 1.807) is 0 Å². The van der Waals surface area contributed by atoms with E-state index >= 15 is 0 Å². The molecule has 1 amide bonds. The third kappa shape index (κ3) is 3.45. The van der Waals surface area contributed by atoms with E-state index in [-0.39, 0.29) is 17.8 Å². The van der Waals surface area contributed by atoms with Crippen molar-refractivity contribution < 1.29 is 14.3 Å². The Labute approximate surface area is 139 Å². The van der Waals surface area contributed by atoms with E-state index < -0.39 is 0 Å². The van der Waals surface area contributed by atoms with Crippen LogP contribution in [-0.4, -0.2) is 37.0 Å². The molecule has 0 radical (unpaired) electrons. The highest BCUT2D eigenvalue weighted by molar-refractivity contribution is 7.12. The minimum absolute atomic E-state index is 0.0560. The summed E-state index contributed by atoms with van der Waals surface area (Å²) < 4.78 is 4.78. The number of esters is 1. The van der Waals surface area contributed by atoms with Gasteiger partial charge >= 0.3 is 5.97 Å². The van der Waals surface area contributed by atoms with Crippen molar-refractivity contribution in [3.05, 3.63) is 46.7 Å². The Hall–Kier alpha value is -2.14. The van der Waals surface area contributed by atoms with Gasteiger partial charge in [0.2, 0.25) is 0 Å². The maximum Gasteiger partial charge on any atom is 0.308 e. The molecular formula is C18H19NO3S. The molecule has 1 aromatic carbocycles. The molecule has 2 aromatic rings. The van der Waals surface area contributed by atoms with Crippen molar-refractivity contribution in [1.29, 1.82) is 0 Å². The Bertz CT molecular complexity index is 687. The molecule has 1 saturated heterocycles. The predicted molar refractivity (Wildman–Crippen MR) is 90.4 cm³/mol. The minimum Gasteiger partial charge on any atom is -0.469 e. The van der Waals surface area contributed by atoms with Crippen molar-refractivity contribution in [2.75, 3.05) is 20.2 Å². The SMILES string of the molecule is COC(=O)C1CCN(C(=O)c2cc(-c3ccccc3)cs2)CC1. The molecule has 1 aliphatic rings. The summed E-state index contributed by atoms with van der Waals surface area (Å²) in [6.07, 6.45) is 1.35. The first kappa shape index (κ1) is 15.7. The molecule has 0 bridgehead atoms. The summed E-state index contributed by atoms with van der Waals surface area (Å²) >= 11 is 1.47. The van der Waals surface area contributed by atoms with Crippen LogP contribution >= 0.6 is 11.3 Å². The first-order valence-corrected chi connectivity index (χ1v) is 8.58. The van der Waals surface area contributed by atoms with Gasteiger partial charge in [-0.05, 0) is 35.4 Å². The van der Waals surface area contributed by atoms with Crippen LogP contribution in [0.1, 0.15) is 22.5 Å². The van der Waals surface area contributed by atoms with Crippen LogP contribution in [0.3, 0.4) is 0 Å². The highest BCUT2D eigenvalue weighted by Crippen LogP contribution is 2.27. The van der Waals surface area contributed by atoms with Crippen molar-refractivity contribution in [3.63, 3.8) is 0 Å². The van der Waals surface area contributed by atoms with Gasteiger partial charge in [0, 0.05) is 13.1 Å². The number of carbonyl (C=O) groups excluding carboxylic acids is 2. The normalized spacial score (nSPS) is 15.4. The fourth-order valence-corrected chi connectivity index (χ4v) is 3.75. The molecule has 1 aliphatic heterocycles. The van der Waals surface area contributed by atoms with Crippen LogP contribution in [-0.2, 0) is 9.53 Å². The molecule has 0 saturated carbocycles. The average molecular weight is 329 g/mol. The Kier molecular flexibility index (Phi) is 4.76. The molecule has 0 N–H and O–H groups in total. The first-order chi connectivity index (χ1) is 11.2. The highest BCUT2D eigenvalue weighted by atomic mass is 32.1. The molecule has 0 atom stereocenters. The number of hydrogen-bond acceptors (Lipinski definition) is 4. The molecular weight excluding hydrogens is 310 g/mol. The summed E-state index contributed by atoms with van der Waals surface area (Å²) in [4.78, 5) is 26.7. The summed E-state index contributed by atoms with van der Waals surface area (Å²) in [5.41, 5.74) is 2.19. The summed E-state index contributed by atoms with van der Waals surface area (Å²) in [6.45, 7) is 1.22. The molecule has 5 heteroatoms. The Morgan fingerprint density at radius 3 is 2.48 bits per heavy atom. The number of carbonyl (C=O) groups is 2. The molecule has 3 rings (SSSR count). The maximum atomic E-state index is 12.6. The summed E-state index contributed by atoms with van der Waals surface area (Å²) in [7, 11) is 1.41. The Morgan fingerprint density at radius 1 is 1.13 bits per heavy atom. The summed E-state index contributed by atoms with van der Waals surface area (Å²) in [5, 5.41) is 2.02. The lowest BCUT2D eigenvalue weighted by Crippen LogP contribution is -2.40. The van der Waals surface area contributed by atoms with Gasteiger partial charge in [0.25, 0.3) is 5.91 Å². The van der Waals surface area contributed by atoms with Crippen LogP contribution < -0.4 is 0 Å². The number of ether oxygens (including phenoxy) is 1. The molecule has 1 fully saturated rings. The second-order valence-corrected chi connectivity index (χ2v) is 6.57. The van der Waals surface area contributed by atoms with E-state index in [1.807, 2.05) is 46.7 Å². The summed E-state index contributed by atoms with van der Waals surface area (Å²) in [6, 6.07) is 12.0. The quantitative estimate of drug-likeness (QED) is 0.811. The molecule has 23 heavy (non-hydrogen) atoms. The van der Waals surface area contributed by atoms with E-state index in [0.717, 1.165) is 16.0 Å². The van der Waals surface area contributed by atoms with Crippen molar-refractivity contribution in [2.45, 2.75) is 12.8 Å². The van der Waals surface area contributed by atoms with Crippen molar-refractivity contribution in [2.24, 2.45) is 5.92 Å². The fourth-order valence-electron chi connectivity index (χ4n) is 2.87. The molecule has 0 unspecified atom stereocenters. The van der Waals surface area contributed by atoms with Crippen LogP contribution in [0.5, 0.6) is 0 Å². The van der Waals surface area contributed by atoms with E-state index in [1.165, 1.54) is 18.4 Å². The van der Waals surface area contributed by atoms with Gasteiger partial charge in [0.15, 0.2) is 0 Å². The lowest BCUT2D eigenvalue weighted by molar-refractivity contribution is -0.146. The number of likely N-dealkylation sites (tertiary alicyclic amines) is 1. The minimum atomic E-state index is -0.167. The zero-order chi connectivity index (χ0) is 16.2. The lowest BCUT2D eigenvalue weighted by Gasteiger charge is -2.30. The average Bonchev–Trinajstić information content (AvgIpc) is 3.11. The van der Waals surface area contributed by atoms with Crippen LogP contribution in [0.4, 0.5) is 0 Å². The Morgan fingerprint density at radius 2 is 1.83 bits per heavy atom. The largest absolute Gasteiger partial charge is 0.469 e. The number of methoxy groups -OCH3 is 1. The molecule has 2 heterocycles. The van der Waals surface area contributed by atoms with Crippen molar-refractivity contribution in [3.8, 4) is 11.1 Å². The Balaban J connectivity index is 1.66. The van der Waals surface area contributed by atoms with E-state index in [2.05, 4.69) is 0 Å². The van der Waals surface area contributed by atoms with Gasteiger partial charge in [-0.2, -0.15) is 0 Å². The van der Waals surface area contributed by atoms with Crippen LogP contribution in [0, 0.1) is 5.92 Å². The zero-order valence-electron chi connectivity index (χ0n) is 13.0. The van der Waals surface area contributed by atoms with Gasteiger partial charge in [-0.1, -0.05) is 30.3 Å². The lowest BCUT2D eigenvalue weighted by atomic mass is 9.97. The number of benzene rings is 1. The second-order valence-electron chi connectivity index (χ2n) is 5.66. The number of rotatable bonds is 3. The monoisotopic (exact) mass is 329 g/mol. The van der Waals surface area contributed by atoms with E-state index in [9.17, 15) is 9.59 Å². The van der Waals surface area contributed by atoms with Crippen molar-refractivity contribution >= 4 is 23.2 Å². The predicted octanol–water partition coefficient (Wildman–Crippen LogP) is 3.44.